The summed E-state index contributed by atoms with van der Waals surface area (Å²) in [5.41, 5.74) is 8.19. The van der Waals surface area contributed by atoms with Crippen molar-refractivity contribution in [3.05, 3.63) is 53.6 Å². The quantitative estimate of drug-likeness (QED) is 0.827. The zero-order chi connectivity index (χ0) is 13.7. The molecule has 0 saturated heterocycles. The number of imidazole rings is 1. The molecule has 0 saturated carbocycles. The molecule has 5 heteroatoms. The molecule has 1 aromatic heterocycles. The number of nitrogens with two attached hydrogens (primary N) is 1. The molecule has 0 radical (unpaired) electrons. The zero-order valence-corrected chi connectivity index (χ0v) is 10.9. The van der Waals surface area contributed by atoms with Gasteiger partial charge in [0.15, 0.2) is 0 Å². The van der Waals surface area contributed by atoms with Crippen molar-refractivity contribution in [2.45, 2.75) is 20.0 Å². The van der Waals surface area contributed by atoms with Crippen LogP contribution in [0.15, 0.2) is 36.8 Å². The molecule has 0 bridgehead atoms. The molecule has 0 aliphatic carbocycles. The van der Waals surface area contributed by atoms with Crippen LogP contribution in [0.3, 0.4) is 0 Å². The van der Waals surface area contributed by atoms with Crippen LogP contribution in [0.1, 0.15) is 28.5 Å². The number of hydrogen-bond donors (Lipinski definition) is 1. The van der Waals surface area contributed by atoms with Crippen LogP contribution in [0.25, 0.3) is 0 Å². The van der Waals surface area contributed by atoms with E-state index in [1.54, 1.807) is 17.8 Å². The first kappa shape index (κ1) is 13.3. The van der Waals surface area contributed by atoms with Crippen molar-refractivity contribution in [2.24, 2.45) is 5.73 Å². The summed E-state index contributed by atoms with van der Waals surface area (Å²) < 4.78 is 6.76. The van der Waals surface area contributed by atoms with E-state index in [1.807, 2.05) is 24.3 Å². The van der Waals surface area contributed by atoms with Crippen LogP contribution in [0.4, 0.5) is 0 Å². The maximum atomic E-state index is 11.7. The Morgan fingerprint density at radius 2 is 2.00 bits per heavy atom. The summed E-state index contributed by atoms with van der Waals surface area (Å²) in [7, 11) is 0. The molecule has 2 N–H and O–H groups in total. The number of carbonyl (C=O) groups is 1. The summed E-state index contributed by atoms with van der Waals surface area (Å²) in [6.45, 7) is 3.25. The first-order chi connectivity index (χ1) is 9.24. The molecule has 0 fully saturated rings. The molecule has 2 aromatic rings. The van der Waals surface area contributed by atoms with Crippen LogP contribution in [-0.4, -0.2) is 22.1 Å². The highest BCUT2D eigenvalue weighted by atomic mass is 16.5. The lowest BCUT2D eigenvalue weighted by atomic mass is 10.1. The Kier molecular flexibility index (Phi) is 4.30. The fourth-order valence-electron chi connectivity index (χ4n) is 1.80. The van der Waals surface area contributed by atoms with Crippen molar-refractivity contribution < 1.29 is 9.53 Å². The number of esters is 1. The van der Waals surface area contributed by atoms with Gasteiger partial charge in [0.05, 0.1) is 19.1 Å². The maximum Gasteiger partial charge on any atom is 0.356 e. The summed E-state index contributed by atoms with van der Waals surface area (Å²) in [6, 6.07) is 7.96. The number of aromatic nitrogens is 2. The summed E-state index contributed by atoms with van der Waals surface area (Å²) >= 11 is 0. The van der Waals surface area contributed by atoms with E-state index in [2.05, 4.69) is 4.98 Å². The van der Waals surface area contributed by atoms with E-state index >= 15 is 0 Å². The Morgan fingerprint density at radius 1 is 1.32 bits per heavy atom. The van der Waals surface area contributed by atoms with Crippen LogP contribution in [0, 0.1) is 0 Å². The maximum absolute atomic E-state index is 11.7. The predicted octanol–water partition coefficient (Wildman–Crippen LogP) is 1.57. The molecule has 100 valence electrons. The summed E-state index contributed by atoms with van der Waals surface area (Å²) in [5, 5.41) is 0. The second-order valence-corrected chi connectivity index (χ2v) is 4.15. The second-order valence-electron chi connectivity index (χ2n) is 4.15. The summed E-state index contributed by atoms with van der Waals surface area (Å²) in [5.74, 6) is -0.349. The molecule has 0 amide bonds. The lowest BCUT2D eigenvalue weighted by Crippen LogP contribution is -2.12. The molecule has 0 aliphatic heterocycles. The normalized spacial score (nSPS) is 10.4. The molecule has 1 heterocycles. The number of carbonyl (C=O) groups excluding carboxylic acids is 1. The van der Waals surface area contributed by atoms with Crippen LogP contribution in [-0.2, 0) is 17.8 Å². The van der Waals surface area contributed by atoms with Gasteiger partial charge in [-0.25, -0.2) is 9.78 Å². The number of rotatable bonds is 5. The van der Waals surface area contributed by atoms with Crippen LogP contribution in [0.2, 0.25) is 0 Å². The molecular formula is C14H17N3O2. The number of hydrogen-bond acceptors (Lipinski definition) is 4. The van der Waals surface area contributed by atoms with E-state index < -0.39 is 0 Å². The Labute approximate surface area is 112 Å². The smallest absolute Gasteiger partial charge is 0.356 e. The van der Waals surface area contributed by atoms with Crippen molar-refractivity contribution in [2.75, 3.05) is 6.61 Å². The molecule has 5 nitrogen and oxygen atoms in total. The van der Waals surface area contributed by atoms with Crippen molar-refractivity contribution in [1.29, 1.82) is 0 Å². The average molecular weight is 259 g/mol. The van der Waals surface area contributed by atoms with E-state index in [0.29, 0.717) is 25.4 Å². The van der Waals surface area contributed by atoms with Gasteiger partial charge in [-0.15, -0.1) is 0 Å². The Bertz CT molecular complexity index is 546. The topological polar surface area (TPSA) is 70.1 Å². The zero-order valence-electron chi connectivity index (χ0n) is 10.9. The second kappa shape index (κ2) is 6.15. The van der Waals surface area contributed by atoms with E-state index in [4.69, 9.17) is 10.5 Å². The minimum absolute atomic E-state index is 0.349. The van der Waals surface area contributed by atoms with E-state index in [0.717, 1.165) is 11.1 Å². The number of ether oxygens (including phenoxy) is 1. The van der Waals surface area contributed by atoms with Gasteiger partial charge in [0.25, 0.3) is 0 Å². The third-order valence-electron chi connectivity index (χ3n) is 2.81. The number of benzene rings is 1. The largest absolute Gasteiger partial charge is 0.461 e. The molecular weight excluding hydrogens is 242 g/mol. The van der Waals surface area contributed by atoms with Crippen LogP contribution in [0.5, 0.6) is 0 Å². The minimum atomic E-state index is -0.349. The molecule has 19 heavy (non-hydrogen) atoms. The van der Waals surface area contributed by atoms with Gasteiger partial charge >= 0.3 is 5.97 Å². The van der Waals surface area contributed by atoms with Gasteiger partial charge in [0.1, 0.15) is 5.69 Å². The standard InChI is InChI=1S/C14H17N3O2/c1-2-19-14(18)13-8-16-10-17(13)9-12-5-3-11(7-15)4-6-12/h3-6,8,10H,2,7,9,15H2,1H3. The molecule has 1 aromatic carbocycles. The predicted molar refractivity (Wildman–Crippen MR) is 71.6 cm³/mol. The summed E-state index contributed by atoms with van der Waals surface area (Å²) in [6.07, 6.45) is 3.15. The Balaban J connectivity index is 2.14. The fourth-order valence-corrected chi connectivity index (χ4v) is 1.80. The third kappa shape index (κ3) is 3.20. The van der Waals surface area contributed by atoms with Gasteiger partial charge in [-0.1, -0.05) is 24.3 Å². The third-order valence-corrected chi connectivity index (χ3v) is 2.81. The molecule has 0 aliphatic rings. The molecule has 0 spiro atoms. The van der Waals surface area contributed by atoms with Crippen molar-refractivity contribution in [3.63, 3.8) is 0 Å². The van der Waals surface area contributed by atoms with Gasteiger partial charge in [-0.2, -0.15) is 0 Å². The lowest BCUT2D eigenvalue weighted by molar-refractivity contribution is 0.0514. The van der Waals surface area contributed by atoms with Gasteiger partial charge in [-0.05, 0) is 18.1 Å². The monoisotopic (exact) mass is 259 g/mol. The first-order valence-corrected chi connectivity index (χ1v) is 6.19. The highest BCUT2D eigenvalue weighted by Crippen LogP contribution is 2.09. The van der Waals surface area contributed by atoms with Crippen molar-refractivity contribution in [3.8, 4) is 0 Å². The molecule has 0 unspecified atom stereocenters. The van der Waals surface area contributed by atoms with Crippen LogP contribution < -0.4 is 5.73 Å². The van der Waals surface area contributed by atoms with Crippen molar-refractivity contribution in [1.82, 2.24) is 9.55 Å². The van der Waals surface area contributed by atoms with Crippen LogP contribution >= 0.6 is 0 Å². The number of nitrogens with zero attached hydrogens (tertiary/aromatic N) is 2. The van der Waals surface area contributed by atoms with E-state index in [9.17, 15) is 4.79 Å². The van der Waals surface area contributed by atoms with E-state index in [-0.39, 0.29) is 5.97 Å². The average Bonchev–Trinajstić information content (AvgIpc) is 2.88. The van der Waals surface area contributed by atoms with Crippen molar-refractivity contribution >= 4 is 5.97 Å². The van der Waals surface area contributed by atoms with Gasteiger partial charge in [0.2, 0.25) is 0 Å². The Hall–Kier alpha value is -2.14. The summed E-state index contributed by atoms with van der Waals surface area (Å²) in [4.78, 5) is 15.7. The van der Waals surface area contributed by atoms with E-state index in [1.165, 1.54) is 6.20 Å². The fraction of sp³-hybridized carbons (Fsp3) is 0.286. The Morgan fingerprint density at radius 3 is 2.63 bits per heavy atom. The lowest BCUT2D eigenvalue weighted by Gasteiger charge is -2.08. The molecule has 2 rings (SSSR count). The minimum Gasteiger partial charge on any atom is -0.461 e. The van der Waals surface area contributed by atoms with Gasteiger partial charge in [0, 0.05) is 13.1 Å². The van der Waals surface area contributed by atoms with Gasteiger partial charge < -0.3 is 15.0 Å². The highest BCUT2D eigenvalue weighted by molar-refractivity contribution is 5.87. The van der Waals surface area contributed by atoms with Gasteiger partial charge in [-0.3, -0.25) is 0 Å². The SMILES string of the molecule is CCOC(=O)c1cncn1Cc1ccc(CN)cc1. The first-order valence-electron chi connectivity index (χ1n) is 6.19. The highest BCUT2D eigenvalue weighted by Gasteiger charge is 2.12. The molecule has 0 atom stereocenters.